The Morgan fingerprint density at radius 2 is 2.00 bits per heavy atom. The lowest BCUT2D eigenvalue weighted by molar-refractivity contribution is -0.384. The van der Waals surface area contributed by atoms with Gasteiger partial charge in [-0.15, -0.1) is 0 Å². The van der Waals surface area contributed by atoms with Gasteiger partial charge in [-0.3, -0.25) is 10.1 Å². The van der Waals surface area contributed by atoms with Crippen LogP contribution in [0.4, 0.5) is 11.4 Å². The molecule has 0 fully saturated rings. The molecule has 110 valence electrons. The molecular formula is C15H14BrClN2O2. The van der Waals surface area contributed by atoms with Crippen LogP contribution < -0.4 is 5.32 Å². The van der Waals surface area contributed by atoms with Crippen molar-refractivity contribution in [3.05, 3.63) is 67.1 Å². The number of hydrogen-bond donors (Lipinski definition) is 1. The molecule has 0 heterocycles. The normalized spacial score (nSPS) is 12.0. The van der Waals surface area contributed by atoms with E-state index in [2.05, 4.69) is 21.2 Å². The van der Waals surface area contributed by atoms with E-state index in [4.69, 9.17) is 11.6 Å². The van der Waals surface area contributed by atoms with Crippen molar-refractivity contribution in [1.29, 1.82) is 0 Å². The average Bonchev–Trinajstić information content (AvgIpc) is 2.40. The highest BCUT2D eigenvalue weighted by Crippen LogP contribution is 2.30. The van der Waals surface area contributed by atoms with E-state index in [1.165, 1.54) is 6.07 Å². The van der Waals surface area contributed by atoms with Crippen molar-refractivity contribution in [2.75, 3.05) is 5.32 Å². The predicted molar refractivity (Wildman–Crippen MR) is 89.0 cm³/mol. The fraction of sp³-hybridized carbons (Fsp3) is 0.200. The van der Waals surface area contributed by atoms with Gasteiger partial charge in [0.25, 0.3) is 5.69 Å². The second-order valence-electron chi connectivity index (χ2n) is 4.79. The molecule has 1 unspecified atom stereocenters. The number of rotatable bonds is 4. The smallest absolute Gasteiger partial charge is 0.269 e. The summed E-state index contributed by atoms with van der Waals surface area (Å²) in [5, 5.41) is 14.7. The Morgan fingerprint density at radius 1 is 1.29 bits per heavy atom. The minimum absolute atomic E-state index is 0.00856. The van der Waals surface area contributed by atoms with E-state index < -0.39 is 4.92 Å². The monoisotopic (exact) mass is 368 g/mol. The summed E-state index contributed by atoms with van der Waals surface area (Å²) in [7, 11) is 0. The number of hydrogen-bond acceptors (Lipinski definition) is 3. The standard InChI is InChI=1S/C15H14BrClN2O2/c1-9-7-12(19(20)21)4-6-15(9)18-10(2)13-5-3-11(16)8-14(13)17/h3-8,10,18H,1-2H3. The third-order valence-electron chi connectivity index (χ3n) is 3.22. The van der Waals surface area contributed by atoms with Crippen molar-refractivity contribution in [3.63, 3.8) is 0 Å². The van der Waals surface area contributed by atoms with Gasteiger partial charge in [0.05, 0.1) is 11.0 Å². The van der Waals surface area contributed by atoms with Crippen molar-refractivity contribution < 1.29 is 4.92 Å². The molecule has 0 aromatic heterocycles. The molecule has 0 aliphatic carbocycles. The van der Waals surface area contributed by atoms with Crippen LogP contribution in [0, 0.1) is 17.0 Å². The van der Waals surface area contributed by atoms with E-state index >= 15 is 0 Å². The molecule has 4 nitrogen and oxygen atoms in total. The van der Waals surface area contributed by atoms with E-state index in [0.717, 1.165) is 21.3 Å². The number of nitrogens with one attached hydrogen (secondary N) is 1. The summed E-state index contributed by atoms with van der Waals surface area (Å²) in [5.74, 6) is 0. The summed E-state index contributed by atoms with van der Waals surface area (Å²) < 4.78 is 0.926. The van der Waals surface area contributed by atoms with Crippen LogP contribution in [0.25, 0.3) is 0 Å². The first-order chi connectivity index (χ1) is 9.88. The van der Waals surface area contributed by atoms with Gasteiger partial charge in [-0.05, 0) is 43.2 Å². The van der Waals surface area contributed by atoms with Gasteiger partial charge in [-0.25, -0.2) is 0 Å². The summed E-state index contributed by atoms with van der Waals surface area (Å²) in [6.07, 6.45) is 0. The summed E-state index contributed by atoms with van der Waals surface area (Å²) in [4.78, 5) is 10.4. The molecule has 0 spiro atoms. The average molecular weight is 370 g/mol. The van der Waals surface area contributed by atoms with E-state index in [1.807, 2.05) is 32.0 Å². The molecule has 2 aromatic carbocycles. The number of aryl methyl sites for hydroxylation is 1. The topological polar surface area (TPSA) is 55.2 Å². The second kappa shape index (κ2) is 6.45. The van der Waals surface area contributed by atoms with E-state index in [0.29, 0.717) is 5.02 Å². The summed E-state index contributed by atoms with van der Waals surface area (Å²) in [6, 6.07) is 10.5. The number of non-ortho nitro benzene ring substituents is 1. The first kappa shape index (κ1) is 15.8. The lowest BCUT2D eigenvalue weighted by Gasteiger charge is -2.18. The predicted octanol–water partition coefficient (Wildman–Crippen LogP) is 5.49. The van der Waals surface area contributed by atoms with Crippen molar-refractivity contribution >= 4 is 38.9 Å². The third kappa shape index (κ3) is 3.74. The Labute approximate surface area is 136 Å². The Hall–Kier alpha value is -1.59. The zero-order valence-corrected chi connectivity index (χ0v) is 13.9. The highest BCUT2D eigenvalue weighted by Gasteiger charge is 2.13. The zero-order chi connectivity index (χ0) is 15.6. The summed E-state index contributed by atoms with van der Waals surface area (Å²) in [6.45, 7) is 3.83. The third-order valence-corrected chi connectivity index (χ3v) is 4.04. The fourth-order valence-electron chi connectivity index (χ4n) is 2.09. The molecule has 0 saturated carbocycles. The molecule has 0 amide bonds. The van der Waals surface area contributed by atoms with Crippen LogP contribution in [0.5, 0.6) is 0 Å². The highest BCUT2D eigenvalue weighted by molar-refractivity contribution is 9.10. The summed E-state index contributed by atoms with van der Waals surface area (Å²) in [5.41, 5.74) is 2.74. The van der Waals surface area contributed by atoms with Crippen molar-refractivity contribution in [2.45, 2.75) is 19.9 Å². The number of nitrogens with zero attached hydrogens (tertiary/aromatic N) is 1. The SMILES string of the molecule is Cc1cc([N+](=O)[O-])ccc1NC(C)c1ccc(Br)cc1Cl. The first-order valence-electron chi connectivity index (χ1n) is 6.35. The van der Waals surface area contributed by atoms with Gasteiger partial charge in [0.15, 0.2) is 0 Å². The Kier molecular flexibility index (Phi) is 4.85. The molecule has 0 saturated heterocycles. The number of anilines is 1. The van der Waals surface area contributed by atoms with Crippen LogP contribution in [0.15, 0.2) is 40.9 Å². The molecule has 1 N–H and O–H groups in total. The number of nitro groups is 1. The molecular weight excluding hydrogens is 356 g/mol. The number of halogens is 2. The van der Waals surface area contributed by atoms with E-state index in [1.54, 1.807) is 12.1 Å². The van der Waals surface area contributed by atoms with Crippen LogP contribution in [0.3, 0.4) is 0 Å². The van der Waals surface area contributed by atoms with E-state index in [-0.39, 0.29) is 11.7 Å². The highest BCUT2D eigenvalue weighted by atomic mass is 79.9. The van der Waals surface area contributed by atoms with Crippen LogP contribution in [0.2, 0.25) is 5.02 Å². The van der Waals surface area contributed by atoms with Gasteiger partial charge in [0.2, 0.25) is 0 Å². The number of nitro benzene ring substituents is 1. The molecule has 0 bridgehead atoms. The molecule has 21 heavy (non-hydrogen) atoms. The van der Waals surface area contributed by atoms with Crippen LogP contribution in [0.1, 0.15) is 24.1 Å². The fourth-order valence-corrected chi connectivity index (χ4v) is 2.92. The van der Waals surface area contributed by atoms with Crippen LogP contribution in [-0.4, -0.2) is 4.92 Å². The molecule has 0 radical (unpaired) electrons. The quantitative estimate of drug-likeness (QED) is 0.572. The minimum Gasteiger partial charge on any atom is -0.378 e. The molecule has 0 aliphatic heterocycles. The van der Waals surface area contributed by atoms with Crippen molar-refractivity contribution in [2.24, 2.45) is 0 Å². The minimum atomic E-state index is -0.397. The van der Waals surface area contributed by atoms with Gasteiger partial charge in [0, 0.05) is 27.3 Å². The lowest BCUT2D eigenvalue weighted by Crippen LogP contribution is -2.08. The lowest BCUT2D eigenvalue weighted by atomic mass is 10.1. The molecule has 1 atom stereocenters. The Morgan fingerprint density at radius 3 is 2.57 bits per heavy atom. The maximum atomic E-state index is 10.7. The Balaban J connectivity index is 2.23. The van der Waals surface area contributed by atoms with Crippen molar-refractivity contribution in [1.82, 2.24) is 0 Å². The van der Waals surface area contributed by atoms with Gasteiger partial charge in [-0.2, -0.15) is 0 Å². The number of benzene rings is 2. The summed E-state index contributed by atoms with van der Waals surface area (Å²) >= 11 is 9.61. The Bertz CT molecular complexity index is 691. The van der Waals surface area contributed by atoms with E-state index in [9.17, 15) is 10.1 Å². The van der Waals surface area contributed by atoms with Crippen LogP contribution >= 0.6 is 27.5 Å². The zero-order valence-electron chi connectivity index (χ0n) is 11.6. The van der Waals surface area contributed by atoms with Gasteiger partial charge in [0.1, 0.15) is 0 Å². The maximum absolute atomic E-state index is 10.7. The largest absolute Gasteiger partial charge is 0.378 e. The molecule has 0 aliphatic rings. The second-order valence-corrected chi connectivity index (χ2v) is 6.11. The molecule has 2 rings (SSSR count). The molecule has 6 heteroatoms. The van der Waals surface area contributed by atoms with Gasteiger partial charge >= 0.3 is 0 Å². The molecule has 2 aromatic rings. The first-order valence-corrected chi connectivity index (χ1v) is 7.52. The van der Waals surface area contributed by atoms with Gasteiger partial charge in [-0.1, -0.05) is 33.6 Å². The van der Waals surface area contributed by atoms with Gasteiger partial charge < -0.3 is 5.32 Å². The maximum Gasteiger partial charge on any atom is 0.269 e. The van der Waals surface area contributed by atoms with Crippen LogP contribution in [-0.2, 0) is 0 Å². The van der Waals surface area contributed by atoms with Crippen molar-refractivity contribution in [3.8, 4) is 0 Å².